The van der Waals surface area contributed by atoms with Crippen molar-refractivity contribution < 1.29 is 14.3 Å². The van der Waals surface area contributed by atoms with Gasteiger partial charge in [0, 0.05) is 12.1 Å². The summed E-state index contributed by atoms with van der Waals surface area (Å²) >= 11 is 0. The molecule has 0 saturated heterocycles. The molecule has 1 aromatic carbocycles. The highest BCUT2D eigenvalue weighted by atomic mass is 16.6. The number of nitrogens with one attached hydrogen (secondary N) is 1. The Balaban J connectivity index is 1.75. The van der Waals surface area contributed by atoms with Gasteiger partial charge in [-0.05, 0) is 51.3 Å². The Morgan fingerprint density at radius 1 is 1.31 bits per heavy atom. The highest BCUT2D eigenvalue weighted by Gasteiger charge is 2.39. The van der Waals surface area contributed by atoms with E-state index in [1.165, 1.54) is 0 Å². The van der Waals surface area contributed by atoms with Crippen LogP contribution >= 0.6 is 0 Å². The quantitative estimate of drug-likeness (QED) is 0.882. The van der Waals surface area contributed by atoms with Gasteiger partial charge in [0.05, 0.1) is 23.7 Å². The van der Waals surface area contributed by atoms with E-state index in [1.54, 1.807) is 12.1 Å². The maximum Gasteiger partial charge on any atom is 0.407 e. The predicted molar refractivity (Wildman–Crippen MR) is 96.4 cm³/mol. The van der Waals surface area contributed by atoms with Crippen molar-refractivity contribution in [2.24, 2.45) is 0 Å². The van der Waals surface area contributed by atoms with Crippen molar-refractivity contribution in [3.05, 3.63) is 34.9 Å². The minimum atomic E-state index is -0.554. The van der Waals surface area contributed by atoms with Crippen LogP contribution in [0.4, 0.5) is 4.79 Å². The smallest absolute Gasteiger partial charge is 0.407 e. The zero-order valence-electron chi connectivity index (χ0n) is 15.5. The fourth-order valence-corrected chi connectivity index (χ4v) is 3.77. The zero-order chi connectivity index (χ0) is 18.9. The van der Waals surface area contributed by atoms with Crippen molar-refractivity contribution in [2.45, 2.75) is 70.7 Å². The summed E-state index contributed by atoms with van der Waals surface area (Å²) in [5.41, 5.74) is 1.48. The third-order valence-electron chi connectivity index (χ3n) is 4.90. The molecule has 1 aliphatic heterocycles. The molecule has 2 amide bonds. The molecule has 1 heterocycles. The largest absolute Gasteiger partial charge is 0.444 e. The van der Waals surface area contributed by atoms with Gasteiger partial charge < -0.3 is 15.0 Å². The van der Waals surface area contributed by atoms with Crippen LogP contribution in [0.25, 0.3) is 0 Å². The Labute approximate surface area is 154 Å². The Hall–Kier alpha value is -2.55. The highest BCUT2D eigenvalue weighted by Crippen LogP contribution is 2.31. The molecule has 2 aliphatic rings. The summed E-state index contributed by atoms with van der Waals surface area (Å²) in [5.74, 6) is -0.0556. The molecule has 0 unspecified atom stereocenters. The van der Waals surface area contributed by atoms with Crippen LogP contribution in [0.5, 0.6) is 0 Å². The lowest BCUT2D eigenvalue weighted by Gasteiger charge is -2.38. The number of carbonyl (C=O) groups excluding carboxylic acids is 2. The molecule has 3 rings (SSSR count). The normalized spacial score (nSPS) is 22.5. The first-order valence-corrected chi connectivity index (χ1v) is 9.12. The van der Waals surface area contributed by atoms with E-state index in [4.69, 9.17) is 10.00 Å². The molecule has 138 valence electrons. The molecule has 2 atom stereocenters. The van der Waals surface area contributed by atoms with Crippen LogP contribution in [-0.2, 0) is 11.3 Å². The second-order valence-corrected chi connectivity index (χ2v) is 8.02. The van der Waals surface area contributed by atoms with Gasteiger partial charge in [-0.15, -0.1) is 0 Å². The summed E-state index contributed by atoms with van der Waals surface area (Å²) in [6, 6.07) is 7.17. The maximum absolute atomic E-state index is 12.9. The number of nitrogens with zero attached hydrogens (tertiary/aromatic N) is 2. The Kier molecular flexibility index (Phi) is 4.90. The fourth-order valence-electron chi connectivity index (χ4n) is 3.77. The average molecular weight is 355 g/mol. The minimum Gasteiger partial charge on any atom is -0.444 e. The Morgan fingerprint density at radius 3 is 2.73 bits per heavy atom. The summed E-state index contributed by atoms with van der Waals surface area (Å²) < 4.78 is 5.38. The first-order valence-electron chi connectivity index (χ1n) is 9.12. The van der Waals surface area contributed by atoms with Gasteiger partial charge in [0.25, 0.3) is 5.91 Å². The number of carbonyl (C=O) groups is 2. The van der Waals surface area contributed by atoms with Crippen LogP contribution in [0.1, 0.15) is 67.9 Å². The molecule has 0 bridgehead atoms. The van der Waals surface area contributed by atoms with E-state index in [0.29, 0.717) is 17.7 Å². The summed E-state index contributed by atoms with van der Waals surface area (Å²) in [7, 11) is 0. The number of hydrogen-bond acceptors (Lipinski definition) is 4. The van der Waals surface area contributed by atoms with E-state index in [-0.39, 0.29) is 18.0 Å². The standard InChI is InChI=1S/C20H25N3O3/c1-20(2,3)26-19(25)22-16-6-4-5-7-17(16)23-12-14-9-8-13(11-21)10-15(14)18(23)24/h8-10,16-17H,4-7,12H2,1-3H3,(H,22,25)/t16-,17-/m1/s1. The van der Waals surface area contributed by atoms with Crippen LogP contribution in [0.3, 0.4) is 0 Å². The number of ether oxygens (including phenoxy) is 1. The number of amides is 2. The van der Waals surface area contributed by atoms with Gasteiger partial charge in [-0.2, -0.15) is 5.26 Å². The lowest BCUT2D eigenvalue weighted by Crippen LogP contribution is -2.54. The topological polar surface area (TPSA) is 82.4 Å². The predicted octanol–water partition coefficient (Wildman–Crippen LogP) is 3.35. The van der Waals surface area contributed by atoms with E-state index in [1.807, 2.05) is 31.7 Å². The lowest BCUT2D eigenvalue weighted by atomic mass is 9.89. The number of hydrogen-bond donors (Lipinski definition) is 1. The van der Waals surface area contributed by atoms with Gasteiger partial charge in [-0.3, -0.25) is 4.79 Å². The first kappa shape index (κ1) is 18.2. The van der Waals surface area contributed by atoms with E-state index in [9.17, 15) is 9.59 Å². The minimum absolute atomic E-state index is 0.0540. The van der Waals surface area contributed by atoms with Gasteiger partial charge in [-0.1, -0.05) is 18.9 Å². The van der Waals surface area contributed by atoms with Crippen molar-refractivity contribution in [1.82, 2.24) is 10.2 Å². The fraction of sp³-hybridized carbons (Fsp3) is 0.550. The van der Waals surface area contributed by atoms with E-state index >= 15 is 0 Å². The summed E-state index contributed by atoms with van der Waals surface area (Å²) in [4.78, 5) is 26.9. The number of fused-ring (bicyclic) bond motifs is 1. The van der Waals surface area contributed by atoms with Crippen molar-refractivity contribution in [1.29, 1.82) is 5.26 Å². The van der Waals surface area contributed by atoms with Crippen LogP contribution in [0, 0.1) is 11.3 Å². The summed E-state index contributed by atoms with van der Waals surface area (Å²) in [5, 5.41) is 12.0. The molecule has 6 heteroatoms. The lowest BCUT2D eigenvalue weighted by molar-refractivity contribution is 0.0393. The van der Waals surface area contributed by atoms with Crippen molar-refractivity contribution in [3.8, 4) is 6.07 Å². The van der Waals surface area contributed by atoms with Crippen LogP contribution in [-0.4, -0.2) is 34.6 Å². The van der Waals surface area contributed by atoms with Gasteiger partial charge in [-0.25, -0.2) is 4.79 Å². The first-order chi connectivity index (χ1) is 12.3. The number of nitriles is 1. The number of rotatable bonds is 2. The average Bonchev–Trinajstić information content (AvgIpc) is 2.90. The van der Waals surface area contributed by atoms with Crippen molar-refractivity contribution >= 4 is 12.0 Å². The van der Waals surface area contributed by atoms with Crippen molar-refractivity contribution in [2.75, 3.05) is 0 Å². The molecule has 6 nitrogen and oxygen atoms in total. The van der Waals surface area contributed by atoms with Crippen LogP contribution in [0.15, 0.2) is 18.2 Å². The second kappa shape index (κ2) is 6.99. The molecule has 1 N–H and O–H groups in total. The van der Waals surface area contributed by atoms with E-state index < -0.39 is 11.7 Å². The van der Waals surface area contributed by atoms with E-state index in [2.05, 4.69) is 11.4 Å². The Bertz CT molecular complexity index is 761. The van der Waals surface area contributed by atoms with Gasteiger partial charge in [0.1, 0.15) is 5.60 Å². The molecule has 0 radical (unpaired) electrons. The third kappa shape index (κ3) is 3.82. The summed E-state index contributed by atoms with van der Waals surface area (Å²) in [6.45, 7) is 6.02. The summed E-state index contributed by atoms with van der Waals surface area (Å²) in [6.07, 6.45) is 3.29. The van der Waals surface area contributed by atoms with Gasteiger partial charge in [0.2, 0.25) is 0 Å². The zero-order valence-corrected chi connectivity index (χ0v) is 15.5. The molecular formula is C20H25N3O3. The monoisotopic (exact) mass is 355 g/mol. The maximum atomic E-state index is 12.9. The molecular weight excluding hydrogens is 330 g/mol. The number of benzene rings is 1. The van der Waals surface area contributed by atoms with Gasteiger partial charge in [0.15, 0.2) is 0 Å². The second-order valence-electron chi connectivity index (χ2n) is 8.02. The molecule has 26 heavy (non-hydrogen) atoms. The SMILES string of the molecule is CC(C)(C)OC(=O)N[C@@H]1CCCC[C@H]1N1Cc2ccc(C#N)cc2C1=O. The Morgan fingerprint density at radius 2 is 2.04 bits per heavy atom. The molecule has 1 fully saturated rings. The molecule has 0 aromatic heterocycles. The van der Waals surface area contributed by atoms with E-state index in [0.717, 1.165) is 31.2 Å². The van der Waals surface area contributed by atoms with Gasteiger partial charge >= 0.3 is 6.09 Å². The number of alkyl carbamates (subject to hydrolysis) is 1. The van der Waals surface area contributed by atoms with Crippen LogP contribution < -0.4 is 5.32 Å². The highest BCUT2D eigenvalue weighted by molar-refractivity contribution is 5.99. The molecule has 1 aliphatic carbocycles. The molecule has 0 spiro atoms. The third-order valence-corrected chi connectivity index (χ3v) is 4.90. The molecule has 1 aromatic rings. The van der Waals surface area contributed by atoms with Crippen LogP contribution in [0.2, 0.25) is 0 Å². The van der Waals surface area contributed by atoms with Crippen molar-refractivity contribution in [3.63, 3.8) is 0 Å². The molecule has 1 saturated carbocycles.